The van der Waals surface area contributed by atoms with Crippen molar-refractivity contribution in [2.75, 3.05) is 7.11 Å². The van der Waals surface area contributed by atoms with Gasteiger partial charge in [0.1, 0.15) is 5.60 Å². The highest BCUT2D eigenvalue weighted by molar-refractivity contribution is 7.89. The van der Waals surface area contributed by atoms with Crippen LogP contribution in [0.4, 0.5) is 10.5 Å². The molecule has 51 heavy (non-hydrogen) atoms. The molecule has 0 radical (unpaired) electrons. The highest BCUT2D eigenvalue weighted by Gasteiger charge is 2.66. The summed E-state index contributed by atoms with van der Waals surface area (Å²) < 4.78 is 42.3. The van der Waals surface area contributed by atoms with E-state index in [0.717, 1.165) is 19.3 Å². The van der Waals surface area contributed by atoms with Crippen molar-refractivity contribution in [1.82, 2.24) is 10.0 Å². The number of hydrogen-bond donors (Lipinski definition) is 2. The van der Waals surface area contributed by atoms with Crippen LogP contribution in [0.15, 0.2) is 34.3 Å². The zero-order valence-corrected chi connectivity index (χ0v) is 31.6. The topological polar surface area (TPSA) is 203 Å². The van der Waals surface area contributed by atoms with Crippen LogP contribution >= 0.6 is 0 Å². The number of hydrogen-bond acceptors (Lipinski definition) is 9. The number of amides is 1. The van der Waals surface area contributed by atoms with E-state index in [1.54, 1.807) is 0 Å². The number of esters is 1. The van der Waals surface area contributed by atoms with Crippen LogP contribution in [0.1, 0.15) is 99.3 Å². The molecule has 11 atom stereocenters. The van der Waals surface area contributed by atoms with Crippen molar-refractivity contribution in [2.45, 2.75) is 128 Å². The first-order valence-electron chi connectivity index (χ1n) is 18.2. The number of rotatable bonds is 10. The van der Waals surface area contributed by atoms with Gasteiger partial charge in [0.05, 0.1) is 12.0 Å². The lowest BCUT2D eigenvalue weighted by molar-refractivity contribution is -0.387. The van der Waals surface area contributed by atoms with Crippen LogP contribution in [0.2, 0.25) is 0 Å². The van der Waals surface area contributed by atoms with Gasteiger partial charge in [0.25, 0.3) is 5.69 Å². The predicted molar refractivity (Wildman–Crippen MR) is 190 cm³/mol. The van der Waals surface area contributed by atoms with E-state index >= 15 is 0 Å². The molecule has 0 saturated heterocycles. The second-order valence-corrected chi connectivity index (χ2v) is 18.6. The van der Waals surface area contributed by atoms with E-state index in [-0.39, 0.29) is 70.3 Å². The molecule has 5 rings (SSSR count). The number of benzene rings is 1. The molecule has 14 nitrogen and oxygen atoms in total. The van der Waals surface area contributed by atoms with Gasteiger partial charge in [-0.2, -0.15) is 0 Å². The number of methoxy groups -OCH3 is 1. The Morgan fingerprint density at radius 3 is 2.49 bits per heavy atom. The molecule has 282 valence electrons. The zero-order valence-electron chi connectivity index (χ0n) is 30.8. The number of fused-ring (bicyclic) bond motifs is 5. The first-order chi connectivity index (χ1) is 23.9. The summed E-state index contributed by atoms with van der Waals surface area (Å²) in [6, 6.07) is 4.38. The number of sulfonamides is 1. The molecular weight excluding hydrogens is 676 g/mol. The van der Waals surface area contributed by atoms with Crippen molar-refractivity contribution in [1.29, 1.82) is 0 Å². The Balaban J connectivity index is 1.61. The Bertz CT molecular complexity index is 1660. The highest BCUT2D eigenvalue weighted by atomic mass is 32.2. The van der Waals surface area contributed by atoms with E-state index in [9.17, 15) is 33.7 Å². The Hall–Kier alpha value is -3.42. The molecule has 1 aromatic carbocycles. The number of nitrogens with one attached hydrogen (secondary N) is 2. The van der Waals surface area contributed by atoms with Crippen molar-refractivity contribution < 1.29 is 32.4 Å². The molecule has 4 aliphatic rings. The average Bonchev–Trinajstić information content (AvgIpc) is 3.41. The van der Waals surface area contributed by atoms with E-state index in [0.29, 0.717) is 32.1 Å². The summed E-state index contributed by atoms with van der Waals surface area (Å²) in [7, 11) is -2.99. The lowest BCUT2D eigenvalue weighted by atomic mass is 9.42. The number of alkyl carbamates (subject to hydrolysis) is 1. The number of azide groups is 1. The fourth-order valence-corrected chi connectivity index (χ4v) is 12.4. The Morgan fingerprint density at radius 2 is 1.84 bits per heavy atom. The molecule has 0 aliphatic heterocycles. The second kappa shape index (κ2) is 14.5. The summed E-state index contributed by atoms with van der Waals surface area (Å²) in [6.45, 7) is 12.0. The lowest BCUT2D eigenvalue weighted by Gasteiger charge is -2.65. The molecule has 0 unspecified atom stereocenters. The summed E-state index contributed by atoms with van der Waals surface area (Å²) in [6.07, 6.45) is 5.20. The van der Waals surface area contributed by atoms with E-state index in [1.807, 2.05) is 20.8 Å². The quantitative estimate of drug-likeness (QED) is 0.0624. The van der Waals surface area contributed by atoms with Gasteiger partial charge < -0.3 is 14.8 Å². The number of para-hydroxylation sites is 1. The lowest BCUT2D eigenvalue weighted by Crippen LogP contribution is -2.67. The normalized spacial score (nSPS) is 35.2. The van der Waals surface area contributed by atoms with Crippen molar-refractivity contribution in [3.63, 3.8) is 0 Å². The molecule has 2 N–H and O–H groups in total. The minimum atomic E-state index is -4.36. The molecule has 0 spiro atoms. The fraction of sp³-hybridized carbons (Fsp3) is 0.778. The maximum atomic E-state index is 14.3. The maximum Gasteiger partial charge on any atom is 0.407 e. The molecule has 1 aromatic rings. The minimum Gasteiger partial charge on any atom is -0.469 e. The second-order valence-electron chi connectivity index (χ2n) is 16.9. The van der Waals surface area contributed by atoms with E-state index in [2.05, 4.69) is 40.8 Å². The standard InChI is InChI=1S/C36H54N6O8S/c1-21(12-15-31(43)49-7)24-13-14-25-32-26(20-30(36(24,25)6)40-51(47,48)29-11-9-8-10-28(29)42(45)46)35(5)17-16-23(39-41-37)18-22(35)19-27(32)38-33(44)50-34(2,3)4/h8-11,21-27,30,32,40H,12-20H2,1-7H3,(H,38,44)/t21-,22+,23-,24-,25+,26+,27-,30+,32+,35+,36-/m1/s1. The van der Waals surface area contributed by atoms with E-state index in [1.165, 1.54) is 31.4 Å². The number of nitro groups is 1. The summed E-state index contributed by atoms with van der Waals surface area (Å²) in [5.74, 6) is -0.211. The third-order valence-electron chi connectivity index (χ3n) is 13.2. The van der Waals surface area contributed by atoms with Gasteiger partial charge in [0.2, 0.25) is 10.0 Å². The van der Waals surface area contributed by atoms with Gasteiger partial charge in [-0.25, -0.2) is 17.9 Å². The van der Waals surface area contributed by atoms with Crippen molar-refractivity contribution >= 4 is 27.8 Å². The molecule has 0 aromatic heterocycles. The number of nitrogens with zero attached hydrogens (tertiary/aromatic N) is 4. The van der Waals surface area contributed by atoms with Gasteiger partial charge in [-0.15, -0.1) is 0 Å². The van der Waals surface area contributed by atoms with Gasteiger partial charge in [-0.05, 0) is 130 Å². The Morgan fingerprint density at radius 1 is 1.14 bits per heavy atom. The van der Waals surface area contributed by atoms with Crippen LogP contribution in [-0.4, -0.2) is 56.2 Å². The monoisotopic (exact) mass is 730 g/mol. The summed E-state index contributed by atoms with van der Waals surface area (Å²) in [4.78, 5) is 39.7. The molecule has 4 saturated carbocycles. The molecule has 1 amide bonds. The third kappa shape index (κ3) is 7.57. The van der Waals surface area contributed by atoms with Crippen LogP contribution in [0.25, 0.3) is 10.4 Å². The summed E-state index contributed by atoms with van der Waals surface area (Å²) >= 11 is 0. The van der Waals surface area contributed by atoms with Gasteiger partial charge in [0.15, 0.2) is 4.90 Å². The maximum absolute atomic E-state index is 14.3. The van der Waals surface area contributed by atoms with E-state index < -0.39 is 43.8 Å². The summed E-state index contributed by atoms with van der Waals surface area (Å²) in [5.41, 5.74) is 7.22. The van der Waals surface area contributed by atoms with Gasteiger partial charge >= 0.3 is 12.1 Å². The number of carbonyl (C=O) groups excluding carboxylic acids is 2. The van der Waals surface area contributed by atoms with Gasteiger partial charge in [0, 0.05) is 35.5 Å². The van der Waals surface area contributed by atoms with E-state index in [4.69, 9.17) is 9.47 Å². The van der Waals surface area contributed by atoms with Crippen molar-refractivity contribution in [3.05, 3.63) is 44.8 Å². The average molecular weight is 731 g/mol. The zero-order chi connectivity index (χ0) is 37.5. The van der Waals surface area contributed by atoms with Crippen molar-refractivity contribution in [2.24, 2.45) is 51.5 Å². The molecular formula is C36H54N6O8S. The predicted octanol–water partition coefficient (Wildman–Crippen LogP) is 7.28. The van der Waals surface area contributed by atoms with Gasteiger partial charge in [-0.3, -0.25) is 14.9 Å². The molecule has 4 fully saturated rings. The first kappa shape index (κ1) is 38.8. The number of nitro benzene ring substituents is 1. The smallest absolute Gasteiger partial charge is 0.407 e. The first-order valence-corrected chi connectivity index (χ1v) is 19.7. The van der Waals surface area contributed by atoms with Gasteiger partial charge in [-0.1, -0.05) is 38.0 Å². The number of carbonyl (C=O) groups is 2. The SMILES string of the molecule is COC(=O)CC[C@@H](C)[C@H]1CC[C@H]2[C@@H]3[C@H](NC(=O)OC(C)(C)C)C[C@@H]4C[C@H](N=[N+]=[N-])CC[C@]4(C)[C@H]3C[C@H](NS(=O)(=O)c3ccccc3[N+](=O)[O-])[C@]12C. The Kier molecular flexibility index (Phi) is 11.1. The van der Waals surface area contributed by atoms with Crippen LogP contribution in [0, 0.1) is 56.5 Å². The highest BCUT2D eigenvalue weighted by Crippen LogP contribution is 2.68. The summed E-state index contributed by atoms with van der Waals surface area (Å²) in [5, 5.41) is 19.3. The van der Waals surface area contributed by atoms with Crippen LogP contribution < -0.4 is 10.0 Å². The van der Waals surface area contributed by atoms with Crippen LogP contribution in [0.3, 0.4) is 0 Å². The van der Waals surface area contributed by atoms with Crippen LogP contribution in [-0.2, 0) is 24.3 Å². The molecule has 15 heteroatoms. The molecule has 0 bridgehead atoms. The Labute approximate surface area is 301 Å². The molecule has 0 heterocycles. The van der Waals surface area contributed by atoms with Crippen molar-refractivity contribution in [3.8, 4) is 0 Å². The fourth-order valence-electron chi connectivity index (χ4n) is 10.9. The minimum absolute atomic E-state index is 0.00981. The third-order valence-corrected chi connectivity index (χ3v) is 14.7. The largest absolute Gasteiger partial charge is 0.469 e. The number of ether oxygens (including phenoxy) is 2. The molecule has 4 aliphatic carbocycles. The van der Waals surface area contributed by atoms with Crippen LogP contribution in [0.5, 0.6) is 0 Å².